The zero-order chi connectivity index (χ0) is 17.6. The number of nitrogens with one attached hydrogen (secondary N) is 1. The first-order valence-corrected chi connectivity index (χ1v) is 8.25. The molecule has 124 valence electrons. The summed E-state index contributed by atoms with van der Waals surface area (Å²) in [6.07, 6.45) is 1.65. The lowest BCUT2D eigenvalue weighted by Gasteiger charge is -2.08. The molecule has 0 atom stereocenters. The van der Waals surface area contributed by atoms with E-state index in [0.717, 1.165) is 22.2 Å². The number of hydrogen-bond acceptors (Lipinski definition) is 2. The molecule has 2 heterocycles. The van der Waals surface area contributed by atoms with Gasteiger partial charge in [-0.3, -0.25) is 9.59 Å². The van der Waals surface area contributed by atoms with Gasteiger partial charge < -0.3 is 9.72 Å². The quantitative estimate of drug-likeness (QED) is 0.625. The number of benzene rings is 2. The summed E-state index contributed by atoms with van der Waals surface area (Å²) in [6, 6.07) is 15.6. The minimum Gasteiger partial charge on any atom is -0.348 e. The fourth-order valence-electron chi connectivity index (χ4n) is 3.25. The number of rotatable bonds is 3. The molecule has 0 aliphatic carbocycles. The number of aromatic nitrogens is 1. The number of pyridine rings is 1. The zero-order valence-corrected chi connectivity index (χ0v) is 14.2. The van der Waals surface area contributed by atoms with E-state index >= 15 is 0 Å². The minimum atomic E-state index is -0.346. The van der Waals surface area contributed by atoms with Crippen molar-refractivity contribution in [3.63, 3.8) is 0 Å². The van der Waals surface area contributed by atoms with Crippen molar-refractivity contribution in [3.8, 4) is 0 Å². The molecule has 0 fully saturated rings. The second-order valence-corrected chi connectivity index (χ2v) is 6.44. The molecule has 4 rings (SSSR count). The number of hydrogen-bond donors (Lipinski definition) is 1. The molecule has 0 saturated heterocycles. The average Bonchev–Trinajstić information content (AvgIpc) is 2.93. The number of carbonyl (C=O) groups is 1. The summed E-state index contributed by atoms with van der Waals surface area (Å²) >= 11 is 0. The standard InChI is InChI=1S/C21H18N2O2/c1-13-6-8-15(9-7-13)11-22-21(25)18-12-23-14(2)10-16-4-3-5-17(19(16)23)20(18)24/h3-10,12H,11H2,1-2H3,(H,22,25). The molecule has 4 nitrogen and oxygen atoms in total. The van der Waals surface area contributed by atoms with Gasteiger partial charge in [-0.2, -0.15) is 0 Å². The molecule has 4 heteroatoms. The van der Waals surface area contributed by atoms with Crippen LogP contribution >= 0.6 is 0 Å². The maximum atomic E-state index is 12.8. The Morgan fingerprint density at radius 3 is 2.60 bits per heavy atom. The summed E-state index contributed by atoms with van der Waals surface area (Å²) in [4.78, 5) is 25.4. The van der Waals surface area contributed by atoms with E-state index in [9.17, 15) is 9.59 Å². The molecule has 4 aromatic rings. The first-order chi connectivity index (χ1) is 12.0. The van der Waals surface area contributed by atoms with Crippen LogP contribution in [0.4, 0.5) is 0 Å². The van der Waals surface area contributed by atoms with E-state index < -0.39 is 0 Å². The molecule has 2 aromatic carbocycles. The van der Waals surface area contributed by atoms with Crippen molar-refractivity contribution < 1.29 is 4.79 Å². The van der Waals surface area contributed by atoms with E-state index in [-0.39, 0.29) is 16.9 Å². The molecule has 0 unspecified atom stereocenters. The van der Waals surface area contributed by atoms with E-state index in [2.05, 4.69) is 5.32 Å². The Bertz CT molecular complexity index is 1140. The van der Waals surface area contributed by atoms with Crippen molar-refractivity contribution in [1.29, 1.82) is 0 Å². The van der Waals surface area contributed by atoms with E-state index in [1.54, 1.807) is 12.3 Å². The van der Waals surface area contributed by atoms with Gasteiger partial charge in [-0.05, 0) is 31.5 Å². The van der Waals surface area contributed by atoms with Crippen LogP contribution in [0, 0.1) is 13.8 Å². The highest BCUT2D eigenvalue weighted by atomic mass is 16.2. The fourth-order valence-corrected chi connectivity index (χ4v) is 3.25. The van der Waals surface area contributed by atoms with Gasteiger partial charge in [-0.15, -0.1) is 0 Å². The molecule has 0 aliphatic heterocycles. The molecule has 2 aromatic heterocycles. The van der Waals surface area contributed by atoms with Crippen molar-refractivity contribution in [3.05, 3.63) is 87.3 Å². The first kappa shape index (κ1) is 15.4. The summed E-state index contributed by atoms with van der Waals surface area (Å²) in [5.74, 6) is -0.346. The average molecular weight is 330 g/mol. The van der Waals surface area contributed by atoms with E-state index in [4.69, 9.17) is 0 Å². The van der Waals surface area contributed by atoms with Gasteiger partial charge in [0.25, 0.3) is 5.91 Å². The highest BCUT2D eigenvalue weighted by Crippen LogP contribution is 2.23. The highest BCUT2D eigenvalue weighted by Gasteiger charge is 2.17. The van der Waals surface area contributed by atoms with Crippen LogP contribution in [0.25, 0.3) is 16.3 Å². The summed E-state index contributed by atoms with van der Waals surface area (Å²) in [7, 11) is 0. The monoisotopic (exact) mass is 330 g/mol. The lowest BCUT2D eigenvalue weighted by molar-refractivity contribution is 0.0949. The molecular formula is C21H18N2O2. The Morgan fingerprint density at radius 1 is 1.08 bits per heavy atom. The first-order valence-electron chi connectivity index (χ1n) is 8.25. The van der Waals surface area contributed by atoms with Crippen molar-refractivity contribution in [1.82, 2.24) is 9.72 Å². The number of amides is 1. The molecule has 0 saturated carbocycles. The van der Waals surface area contributed by atoms with Crippen LogP contribution in [0.2, 0.25) is 0 Å². The second-order valence-electron chi connectivity index (χ2n) is 6.44. The third-order valence-electron chi connectivity index (χ3n) is 4.62. The summed E-state index contributed by atoms with van der Waals surface area (Å²) in [5.41, 5.74) is 3.99. The smallest absolute Gasteiger partial charge is 0.257 e. The Hall–Kier alpha value is -3.14. The van der Waals surface area contributed by atoms with Crippen LogP contribution < -0.4 is 10.7 Å². The molecule has 0 spiro atoms. The maximum Gasteiger partial charge on any atom is 0.257 e. The van der Waals surface area contributed by atoms with Crippen LogP contribution in [-0.2, 0) is 6.54 Å². The fraction of sp³-hybridized carbons (Fsp3) is 0.143. The zero-order valence-electron chi connectivity index (χ0n) is 14.2. The number of para-hydroxylation sites is 1. The van der Waals surface area contributed by atoms with Gasteiger partial charge in [0, 0.05) is 29.2 Å². The molecule has 0 bridgehead atoms. The van der Waals surface area contributed by atoms with Gasteiger partial charge in [0.15, 0.2) is 0 Å². The second kappa shape index (κ2) is 5.74. The SMILES string of the molecule is Cc1ccc(CNC(=O)c2cn3c(C)cc4cccc(c2=O)c43)cc1. The lowest BCUT2D eigenvalue weighted by Crippen LogP contribution is -2.29. The van der Waals surface area contributed by atoms with E-state index in [1.807, 2.05) is 60.7 Å². The molecule has 0 radical (unpaired) electrons. The van der Waals surface area contributed by atoms with E-state index in [0.29, 0.717) is 11.9 Å². The van der Waals surface area contributed by atoms with Crippen molar-refractivity contribution >= 4 is 22.2 Å². The predicted octanol–water partition coefficient (Wildman–Crippen LogP) is 3.44. The molecule has 1 amide bonds. The van der Waals surface area contributed by atoms with Gasteiger partial charge >= 0.3 is 0 Å². The van der Waals surface area contributed by atoms with Crippen LogP contribution in [-0.4, -0.2) is 10.3 Å². The van der Waals surface area contributed by atoms with Crippen LogP contribution in [0.3, 0.4) is 0 Å². The molecule has 1 N–H and O–H groups in total. The Labute approximate surface area is 145 Å². The third kappa shape index (κ3) is 2.56. The number of carbonyl (C=O) groups excluding carboxylic acids is 1. The Balaban J connectivity index is 1.72. The largest absolute Gasteiger partial charge is 0.348 e. The van der Waals surface area contributed by atoms with Gasteiger partial charge in [0.05, 0.1) is 5.52 Å². The molecule has 25 heavy (non-hydrogen) atoms. The molecular weight excluding hydrogens is 312 g/mol. The Morgan fingerprint density at radius 2 is 1.84 bits per heavy atom. The van der Waals surface area contributed by atoms with Crippen LogP contribution in [0.15, 0.2) is 59.5 Å². The van der Waals surface area contributed by atoms with Crippen LogP contribution in [0.5, 0.6) is 0 Å². The topological polar surface area (TPSA) is 50.6 Å². The van der Waals surface area contributed by atoms with Gasteiger partial charge in [0.2, 0.25) is 5.43 Å². The summed E-state index contributed by atoms with van der Waals surface area (Å²) in [6.45, 7) is 4.38. The molecule has 0 aliphatic rings. The normalized spacial score (nSPS) is 11.3. The predicted molar refractivity (Wildman–Crippen MR) is 99.4 cm³/mol. The van der Waals surface area contributed by atoms with Crippen molar-refractivity contribution in [2.24, 2.45) is 0 Å². The van der Waals surface area contributed by atoms with Crippen molar-refractivity contribution in [2.75, 3.05) is 0 Å². The third-order valence-corrected chi connectivity index (χ3v) is 4.62. The minimum absolute atomic E-state index is 0.173. The highest BCUT2D eigenvalue weighted by molar-refractivity contribution is 6.02. The van der Waals surface area contributed by atoms with Crippen molar-refractivity contribution in [2.45, 2.75) is 20.4 Å². The summed E-state index contributed by atoms with van der Waals surface area (Å²) < 4.78 is 1.92. The van der Waals surface area contributed by atoms with Gasteiger partial charge in [0.1, 0.15) is 5.56 Å². The Kier molecular flexibility index (Phi) is 3.53. The lowest BCUT2D eigenvalue weighted by atomic mass is 10.1. The van der Waals surface area contributed by atoms with Crippen LogP contribution in [0.1, 0.15) is 27.2 Å². The number of nitrogens with zero attached hydrogens (tertiary/aromatic N) is 1. The van der Waals surface area contributed by atoms with E-state index in [1.165, 1.54) is 5.56 Å². The number of aryl methyl sites for hydroxylation is 2. The summed E-state index contributed by atoms with van der Waals surface area (Å²) in [5, 5.41) is 4.44. The van der Waals surface area contributed by atoms with Gasteiger partial charge in [-0.25, -0.2) is 0 Å². The van der Waals surface area contributed by atoms with Gasteiger partial charge in [-0.1, -0.05) is 42.0 Å². The maximum absolute atomic E-state index is 12.8.